The minimum Gasteiger partial charge on any atom is -0.381 e. The average molecular weight is 615 g/mol. The molecular weight excluding hydrogens is 553 g/mol. The lowest BCUT2D eigenvalue weighted by Crippen LogP contribution is -2.62. The summed E-state index contributed by atoms with van der Waals surface area (Å²) in [4.78, 5) is 15.1. The molecule has 1 aliphatic heterocycles. The molecule has 2 rings (SSSR count). The third-order valence-corrected chi connectivity index (χ3v) is 8.60. The summed E-state index contributed by atoms with van der Waals surface area (Å²) in [5.41, 5.74) is 0.0179. The normalized spacial score (nSPS) is 16.8. The lowest BCUT2D eigenvalue weighted by atomic mass is 9.79. The summed E-state index contributed by atoms with van der Waals surface area (Å²) < 4.78 is 6.01. The molecule has 6 nitrogen and oxygen atoms in total. The fraction of sp³-hybridized carbons (Fsp3) is 0.909. The Bertz CT molecular complexity index is 787. The molecule has 0 amide bonds. The first-order valence-electron chi connectivity index (χ1n) is 16.8. The predicted molar refractivity (Wildman–Crippen MR) is 176 cm³/mol. The molecule has 1 aromatic heterocycles. The van der Waals surface area contributed by atoms with Crippen molar-refractivity contribution < 1.29 is 4.74 Å². The van der Waals surface area contributed by atoms with E-state index in [1.54, 1.807) is 0 Å². The molecule has 1 saturated heterocycles. The molecular formula is C33H61Cl2N5O. The highest BCUT2D eigenvalue weighted by molar-refractivity contribution is 6.31. The van der Waals surface area contributed by atoms with E-state index in [1.807, 2.05) is 0 Å². The first kappa shape index (κ1) is 36.5. The summed E-state index contributed by atoms with van der Waals surface area (Å²) in [6, 6.07) is 0.274. The molecule has 0 spiro atoms. The van der Waals surface area contributed by atoms with Crippen LogP contribution in [-0.2, 0) is 4.74 Å². The van der Waals surface area contributed by atoms with Crippen LogP contribution >= 0.6 is 23.2 Å². The van der Waals surface area contributed by atoms with E-state index < -0.39 is 0 Å². The molecule has 2 heterocycles. The fourth-order valence-electron chi connectivity index (χ4n) is 6.57. The summed E-state index contributed by atoms with van der Waals surface area (Å²) in [6.45, 7) is 13.7. The monoisotopic (exact) mass is 613 g/mol. The zero-order valence-corrected chi connectivity index (χ0v) is 28.6. The van der Waals surface area contributed by atoms with E-state index in [1.165, 1.54) is 96.3 Å². The van der Waals surface area contributed by atoms with E-state index in [9.17, 15) is 0 Å². The Morgan fingerprint density at radius 2 is 1.07 bits per heavy atom. The lowest BCUT2D eigenvalue weighted by Gasteiger charge is -2.49. The third-order valence-electron chi connectivity index (χ3n) is 8.27. The molecule has 0 atom stereocenters. The third kappa shape index (κ3) is 16.7. The van der Waals surface area contributed by atoms with E-state index in [-0.39, 0.29) is 27.7 Å². The molecule has 1 aromatic rings. The smallest absolute Gasteiger partial charge is 0.231 e. The van der Waals surface area contributed by atoms with Crippen molar-refractivity contribution in [2.45, 2.75) is 174 Å². The van der Waals surface area contributed by atoms with Gasteiger partial charge in [-0.2, -0.15) is 15.0 Å². The highest BCUT2D eigenvalue weighted by Crippen LogP contribution is 2.33. The molecule has 8 heteroatoms. The van der Waals surface area contributed by atoms with Gasteiger partial charge in [-0.15, -0.1) is 0 Å². The first-order chi connectivity index (χ1) is 19.6. The number of hydrogen-bond acceptors (Lipinski definition) is 6. The first-order valence-corrected chi connectivity index (χ1v) is 17.6. The zero-order chi connectivity index (χ0) is 30.0. The van der Waals surface area contributed by atoms with Crippen LogP contribution in [0.3, 0.4) is 0 Å². The Balaban J connectivity index is 1.55. The number of ether oxygens (including phenoxy) is 1. The molecule has 0 bridgehead atoms. The van der Waals surface area contributed by atoms with Gasteiger partial charge < -0.3 is 15.0 Å². The van der Waals surface area contributed by atoms with Crippen molar-refractivity contribution in [3.63, 3.8) is 0 Å². The van der Waals surface area contributed by atoms with Gasteiger partial charge >= 0.3 is 0 Å². The standard InChI is InChI=1S/C33H61Cl2N5O/c1-6-7-8-9-10-11-12-13-14-15-16-17-18-19-20-21-24-41-25-22-23-40(31-37-29(34)36-30(35)38-31)28-26-32(2,3)39-33(4,5)27-28/h28,39H,6-27H2,1-5H3. The predicted octanol–water partition coefficient (Wildman–Crippen LogP) is 9.96. The van der Waals surface area contributed by atoms with Gasteiger partial charge in [0, 0.05) is 36.9 Å². The molecule has 0 radical (unpaired) electrons. The molecule has 1 fully saturated rings. The minimum absolute atomic E-state index is 0.00895. The second-order valence-electron chi connectivity index (χ2n) is 13.6. The number of rotatable bonds is 23. The maximum atomic E-state index is 6.15. The van der Waals surface area contributed by atoms with Crippen LogP contribution in [0.2, 0.25) is 10.6 Å². The molecule has 1 aliphatic rings. The second-order valence-corrected chi connectivity index (χ2v) is 14.3. The number of halogens is 2. The van der Waals surface area contributed by atoms with E-state index in [0.29, 0.717) is 5.95 Å². The van der Waals surface area contributed by atoms with E-state index >= 15 is 0 Å². The Kier molecular flexibility index (Phi) is 18.1. The van der Waals surface area contributed by atoms with Gasteiger partial charge in [0.15, 0.2) is 0 Å². The average Bonchev–Trinajstić information content (AvgIpc) is 2.87. The van der Waals surface area contributed by atoms with Crippen molar-refractivity contribution >= 4 is 29.2 Å². The SMILES string of the molecule is CCCCCCCCCCCCCCCCCCOCCCN(c1nc(Cl)nc(Cl)n1)C1CC(C)(C)NC(C)(C)C1. The molecule has 41 heavy (non-hydrogen) atoms. The zero-order valence-electron chi connectivity index (χ0n) is 27.1. The quantitative estimate of drug-likeness (QED) is 0.124. The minimum atomic E-state index is 0.00895. The van der Waals surface area contributed by atoms with Crippen molar-refractivity contribution in [3.05, 3.63) is 10.6 Å². The summed E-state index contributed by atoms with van der Waals surface area (Å²) in [6.07, 6.45) is 25.1. The molecule has 0 unspecified atom stereocenters. The van der Waals surface area contributed by atoms with Gasteiger partial charge in [0.1, 0.15) is 0 Å². The van der Waals surface area contributed by atoms with Crippen LogP contribution in [0.15, 0.2) is 0 Å². The Hall–Kier alpha value is -0.690. The maximum Gasteiger partial charge on any atom is 0.231 e. The van der Waals surface area contributed by atoms with Crippen LogP contribution in [0.5, 0.6) is 0 Å². The van der Waals surface area contributed by atoms with E-state index in [4.69, 9.17) is 27.9 Å². The lowest BCUT2D eigenvalue weighted by molar-refractivity contribution is 0.125. The van der Waals surface area contributed by atoms with E-state index in [0.717, 1.165) is 45.4 Å². The van der Waals surface area contributed by atoms with Crippen LogP contribution in [-0.4, -0.2) is 51.8 Å². The van der Waals surface area contributed by atoms with Crippen LogP contribution in [0, 0.1) is 0 Å². The van der Waals surface area contributed by atoms with Gasteiger partial charge in [-0.3, -0.25) is 0 Å². The van der Waals surface area contributed by atoms with Crippen molar-refractivity contribution in [2.75, 3.05) is 24.7 Å². The number of piperidine rings is 1. The van der Waals surface area contributed by atoms with Crippen LogP contribution in [0.25, 0.3) is 0 Å². The number of aromatic nitrogens is 3. The Morgan fingerprint density at radius 3 is 1.54 bits per heavy atom. The number of nitrogens with one attached hydrogen (secondary N) is 1. The number of unbranched alkanes of at least 4 members (excludes halogenated alkanes) is 15. The maximum absolute atomic E-state index is 6.15. The summed E-state index contributed by atoms with van der Waals surface area (Å²) in [5.74, 6) is 0.561. The van der Waals surface area contributed by atoms with Gasteiger partial charge in [0.25, 0.3) is 0 Å². The largest absolute Gasteiger partial charge is 0.381 e. The van der Waals surface area contributed by atoms with Gasteiger partial charge in [0.2, 0.25) is 16.5 Å². The van der Waals surface area contributed by atoms with Crippen molar-refractivity contribution in [2.24, 2.45) is 0 Å². The highest BCUT2D eigenvalue weighted by atomic mass is 35.5. The van der Waals surface area contributed by atoms with Gasteiger partial charge in [-0.05, 0) is 76.6 Å². The van der Waals surface area contributed by atoms with Gasteiger partial charge in [-0.25, -0.2) is 0 Å². The molecule has 0 aromatic carbocycles. The Morgan fingerprint density at radius 1 is 0.659 bits per heavy atom. The molecule has 0 aliphatic carbocycles. The van der Waals surface area contributed by atoms with Crippen LogP contribution < -0.4 is 10.2 Å². The number of hydrogen-bond donors (Lipinski definition) is 1. The van der Waals surface area contributed by atoms with Gasteiger partial charge in [0.05, 0.1) is 0 Å². The molecule has 238 valence electrons. The van der Waals surface area contributed by atoms with Crippen molar-refractivity contribution in [3.8, 4) is 0 Å². The van der Waals surface area contributed by atoms with E-state index in [2.05, 4.69) is 59.8 Å². The number of anilines is 1. The highest BCUT2D eigenvalue weighted by Gasteiger charge is 2.40. The van der Waals surface area contributed by atoms with Gasteiger partial charge in [-0.1, -0.05) is 103 Å². The molecule has 0 saturated carbocycles. The van der Waals surface area contributed by atoms with Crippen molar-refractivity contribution in [1.29, 1.82) is 0 Å². The molecule has 1 N–H and O–H groups in total. The fourth-order valence-corrected chi connectivity index (χ4v) is 6.93. The summed E-state index contributed by atoms with van der Waals surface area (Å²) in [5, 5.41) is 4.04. The topological polar surface area (TPSA) is 63.2 Å². The second kappa shape index (κ2) is 20.3. The summed E-state index contributed by atoms with van der Waals surface area (Å²) in [7, 11) is 0. The Labute approximate surface area is 262 Å². The van der Waals surface area contributed by atoms with Crippen molar-refractivity contribution in [1.82, 2.24) is 20.3 Å². The number of nitrogens with zero attached hydrogens (tertiary/aromatic N) is 4. The van der Waals surface area contributed by atoms with Crippen LogP contribution in [0.1, 0.15) is 157 Å². The summed E-state index contributed by atoms with van der Waals surface area (Å²) >= 11 is 12.3. The van der Waals surface area contributed by atoms with Crippen LogP contribution in [0.4, 0.5) is 5.95 Å².